The van der Waals surface area contributed by atoms with E-state index in [4.69, 9.17) is 4.74 Å². The average Bonchev–Trinajstić information content (AvgIpc) is 3.04. The van der Waals surface area contributed by atoms with Gasteiger partial charge in [-0.2, -0.15) is 0 Å². The SMILES string of the molecule is CC1(C)S[C@@H]2[C@@H](NC(=O)c3ccccc3C(=O)O)C(=O)N2[C@H]1C(=O)OCc1ccccc1. The number of esters is 1. The highest BCUT2D eigenvalue weighted by atomic mass is 32.2. The van der Waals surface area contributed by atoms with Crippen LogP contribution in [0.15, 0.2) is 54.6 Å². The zero-order chi connectivity index (χ0) is 23.0. The molecular weight excluding hydrogens is 432 g/mol. The van der Waals surface area contributed by atoms with Gasteiger partial charge in [0.15, 0.2) is 0 Å². The van der Waals surface area contributed by atoms with Gasteiger partial charge in [0.1, 0.15) is 24.1 Å². The summed E-state index contributed by atoms with van der Waals surface area (Å²) in [4.78, 5) is 51.3. The summed E-state index contributed by atoms with van der Waals surface area (Å²) < 4.78 is 4.86. The van der Waals surface area contributed by atoms with Crippen LogP contribution in [0.25, 0.3) is 0 Å². The number of β-lactam (4-membered cyclic amide) rings is 1. The van der Waals surface area contributed by atoms with E-state index in [9.17, 15) is 24.3 Å². The van der Waals surface area contributed by atoms with Crippen molar-refractivity contribution in [2.45, 2.75) is 42.7 Å². The minimum atomic E-state index is -1.23. The van der Waals surface area contributed by atoms with Crippen LogP contribution in [0, 0.1) is 0 Å². The van der Waals surface area contributed by atoms with Crippen LogP contribution in [0.3, 0.4) is 0 Å². The van der Waals surface area contributed by atoms with Gasteiger partial charge in [0.05, 0.1) is 11.1 Å². The first kappa shape index (κ1) is 21.9. The number of nitrogens with one attached hydrogen (secondary N) is 1. The molecule has 0 unspecified atom stereocenters. The molecule has 32 heavy (non-hydrogen) atoms. The molecule has 2 amide bonds. The van der Waals surface area contributed by atoms with Crippen molar-refractivity contribution in [1.29, 1.82) is 0 Å². The maximum absolute atomic E-state index is 12.9. The number of carbonyl (C=O) groups excluding carboxylic acids is 3. The minimum absolute atomic E-state index is 0.0210. The lowest BCUT2D eigenvalue weighted by molar-refractivity contribution is -0.164. The molecule has 2 heterocycles. The summed E-state index contributed by atoms with van der Waals surface area (Å²) in [6.07, 6.45) is 0. The first-order chi connectivity index (χ1) is 15.2. The van der Waals surface area contributed by atoms with E-state index < -0.39 is 46.0 Å². The summed E-state index contributed by atoms with van der Waals surface area (Å²) >= 11 is 1.41. The van der Waals surface area contributed by atoms with E-state index in [0.29, 0.717) is 0 Å². The Kier molecular flexibility index (Phi) is 5.68. The van der Waals surface area contributed by atoms with Crippen molar-refractivity contribution in [3.8, 4) is 0 Å². The Balaban J connectivity index is 1.46. The van der Waals surface area contributed by atoms with Gasteiger partial charge < -0.3 is 20.1 Å². The monoisotopic (exact) mass is 454 g/mol. The molecule has 9 heteroatoms. The second-order valence-corrected chi connectivity index (χ2v) is 9.93. The highest BCUT2D eigenvalue weighted by molar-refractivity contribution is 8.01. The zero-order valence-corrected chi connectivity index (χ0v) is 18.3. The molecule has 0 radical (unpaired) electrons. The summed E-state index contributed by atoms with van der Waals surface area (Å²) in [5, 5.41) is 11.5. The van der Waals surface area contributed by atoms with Gasteiger partial charge in [-0.05, 0) is 31.5 Å². The van der Waals surface area contributed by atoms with Crippen molar-refractivity contribution in [3.63, 3.8) is 0 Å². The summed E-state index contributed by atoms with van der Waals surface area (Å²) in [5.74, 6) is -2.76. The number of carboxylic acids is 1. The molecule has 0 spiro atoms. The molecule has 2 aliphatic heterocycles. The Hall–Kier alpha value is -3.33. The molecule has 0 saturated carbocycles. The third-order valence-corrected chi connectivity index (χ3v) is 7.15. The molecule has 0 aromatic heterocycles. The Morgan fingerprint density at radius 2 is 1.69 bits per heavy atom. The van der Waals surface area contributed by atoms with Gasteiger partial charge in [-0.3, -0.25) is 9.59 Å². The lowest BCUT2D eigenvalue weighted by Gasteiger charge is -2.44. The Labute approximate surface area is 188 Å². The minimum Gasteiger partial charge on any atom is -0.478 e. The molecular formula is C23H22N2O6S. The van der Waals surface area contributed by atoms with Crippen LogP contribution in [-0.2, 0) is 20.9 Å². The predicted molar refractivity (Wildman–Crippen MR) is 117 cm³/mol. The van der Waals surface area contributed by atoms with E-state index in [-0.39, 0.29) is 17.7 Å². The first-order valence-corrected chi connectivity index (χ1v) is 10.9. The molecule has 4 rings (SSSR count). The van der Waals surface area contributed by atoms with Gasteiger partial charge in [-0.1, -0.05) is 42.5 Å². The zero-order valence-electron chi connectivity index (χ0n) is 17.5. The fourth-order valence-corrected chi connectivity index (χ4v) is 5.64. The summed E-state index contributed by atoms with van der Waals surface area (Å²) in [6.45, 7) is 3.82. The van der Waals surface area contributed by atoms with E-state index in [1.165, 1.54) is 34.9 Å². The van der Waals surface area contributed by atoms with Crippen LogP contribution in [0.1, 0.15) is 40.1 Å². The third-order valence-electron chi connectivity index (χ3n) is 5.58. The smallest absolute Gasteiger partial charge is 0.336 e. The van der Waals surface area contributed by atoms with Crippen LogP contribution in [0.5, 0.6) is 0 Å². The van der Waals surface area contributed by atoms with Gasteiger partial charge in [-0.25, -0.2) is 9.59 Å². The molecule has 2 aromatic carbocycles. The lowest BCUT2D eigenvalue weighted by Crippen LogP contribution is -2.70. The van der Waals surface area contributed by atoms with Crippen molar-refractivity contribution in [2.75, 3.05) is 0 Å². The molecule has 0 bridgehead atoms. The highest BCUT2D eigenvalue weighted by Crippen LogP contribution is 2.51. The topological polar surface area (TPSA) is 113 Å². The van der Waals surface area contributed by atoms with E-state index in [1.807, 2.05) is 44.2 Å². The van der Waals surface area contributed by atoms with Gasteiger partial charge in [-0.15, -0.1) is 11.8 Å². The molecule has 2 aromatic rings. The number of aromatic carboxylic acids is 1. The second-order valence-electron chi connectivity index (χ2n) is 8.16. The number of hydrogen-bond acceptors (Lipinski definition) is 6. The van der Waals surface area contributed by atoms with Gasteiger partial charge in [0.25, 0.3) is 5.91 Å². The summed E-state index contributed by atoms with van der Waals surface area (Å²) in [5.41, 5.74) is 0.681. The Morgan fingerprint density at radius 1 is 1.06 bits per heavy atom. The largest absolute Gasteiger partial charge is 0.478 e. The maximum atomic E-state index is 12.9. The fraction of sp³-hybridized carbons (Fsp3) is 0.304. The average molecular weight is 455 g/mol. The van der Waals surface area contributed by atoms with Crippen LogP contribution in [0.4, 0.5) is 0 Å². The molecule has 2 aliphatic rings. The third kappa shape index (κ3) is 3.84. The van der Waals surface area contributed by atoms with E-state index >= 15 is 0 Å². The number of fused-ring (bicyclic) bond motifs is 1. The number of hydrogen-bond donors (Lipinski definition) is 2. The number of nitrogens with zero attached hydrogens (tertiary/aromatic N) is 1. The highest BCUT2D eigenvalue weighted by Gasteiger charge is 2.64. The number of carbonyl (C=O) groups is 4. The standard InChI is InChI=1S/C23H22N2O6S/c1-23(2)17(22(30)31-12-13-8-4-3-5-9-13)25-19(27)16(20(25)32-23)24-18(26)14-10-6-7-11-15(14)21(28)29/h3-11,16-17,20H,12H2,1-2H3,(H,24,26)(H,28,29)/t16-,17-,20+/m0/s1. The molecule has 2 fully saturated rings. The predicted octanol–water partition coefficient (Wildman–Crippen LogP) is 2.29. The van der Waals surface area contributed by atoms with E-state index in [1.54, 1.807) is 6.07 Å². The van der Waals surface area contributed by atoms with Crippen molar-refractivity contribution in [1.82, 2.24) is 10.2 Å². The maximum Gasteiger partial charge on any atom is 0.336 e. The van der Waals surface area contributed by atoms with Crippen molar-refractivity contribution in [3.05, 3.63) is 71.3 Å². The Morgan fingerprint density at radius 3 is 2.34 bits per heavy atom. The quantitative estimate of drug-likeness (QED) is 0.509. The van der Waals surface area contributed by atoms with Gasteiger partial charge in [0.2, 0.25) is 5.91 Å². The van der Waals surface area contributed by atoms with Crippen LogP contribution in [-0.4, -0.2) is 56.0 Å². The number of thioether (sulfide) groups is 1. The first-order valence-electron chi connectivity index (χ1n) is 10.0. The molecule has 8 nitrogen and oxygen atoms in total. The lowest BCUT2D eigenvalue weighted by atomic mass is 9.95. The number of carboxylic acid groups (broad SMARTS) is 1. The van der Waals surface area contributed by atoms with Crippen molar-refractivity contribution < 1.29 is 29.0 Å². The van der Waals surface area contributed by atoms with E-state index in [2.05, 4.69) is 5.32 Å². The number of amides is 2. The molecule has 2 saturated heterocycles. The summed E-state index contributed by atoms with van der Waals surface area (Å²) in [6, 6.07) is 13.4. The second kappa shape index (κ2) is 8.31. The fourth-order valence-electron chi connectivity index (χ4n) is 4.02. The molecule has 2 N–H and O–H groups in total. The van der Waals surface area contributed by atoms with Crippen LogP contribution in [0.2, 0.25) is 0 Å². The molecule has 0 aliphatic carbocycles. The summed E-state index contributed by atoms with van der Waals surface area (Å²) in [7, 11) is 0. The normalized spacial score (nSPS) is 23.1. The van der Waals surface area contributed by atoms with Gasteiger partial charge in [0, 0.05) is 4.75 Å². The van der Waals surface area contributed by atoms with Crippen molar-refractivity contribution >= 4 is 35.5 Å². The number of ether oxygens (including phenoxy) is 1. The van der Waals surface area contributed by atoms with Gasteiger partial charge >= 0.3 is 11.9 Å². The number of benzene rings is 2. The Bertz CT molecular complexity index is 1090. The van der Waals surface area contributed by atoms with Crippen LogP contribution >= 0.6 is 11.8 Å². The van der Waals surface area contributed by atoms with Crippen LogP contribution < -0.4 is 5.32 Å². The molecule has 3 atom stereocenters. The van der Waals surface area contributed by atoms with Crippen molar-refractivity contribution in [2.24, 2.45) is 0 Å². The van der Waals surface area contributed by atoms with E-state index in [0.717, 1.165) is 5.56 Å². The number of rotatable bonds is 6. The molecule has 166 valence electrons.